The first-order valence-electron chi connectivity index (χ1n) is 11.6. The molecule has 0 spiro atoms. The molecule has 1 aliphatic heterocycles. The summed E-state index contributed by atoms with van der Waals surface area (Å²) in [7, 11) is 0. The number of carbonyl (C=O) groups is 2. The predicted molar refractivity (Wildman–Crippen MR) is 125 cm³/mol. The first-order valence-corrected chi connectivity index (χ1v) is 11.6. The van der Waals surface area contributed by atoms with Gasteiger partial charge in [0.2, 0.25) is 5.91 Å². The summed E-state index contributed by atoms with van der Waals surface area (Å²) in [6.45, 7) is 4.44. The molecule has 0 unspecified atom stereocenters. The fourth-order valence-corrected chi connectivity index (χ4v) is 4.64. The number of carboxylic acids is 1. The van der Waals surface area contributed by atoms with Gasteiger partial charge in [-0.05, 0) is 62.4 Å². The first-order chi connectivity index (χ1) is 16.5. The average Bonchev–Trinajstić information content (AvgIpc) is 3.11. The zero-order chi connectivity index (χ0) is 25.4. The highest BCUT2D eigenvalue weighted by molar-refractivity contribution is 5.86. The van der Waals surface area contributed by atoms with Gasteiger partial charge in [-0.3, -0.25) is 14.6 Å². The van der Waals surface area contributed by atoms with Crippen LogP contribution in [0, 0.1) is 5.41 Å². The number of carbonyl (C=O) groups excluding carboxylic acids is 1. The minimum atomic E-state index is -4.52. The molecule has 35 heavy (non-hydrogen) atoms. The van der Waals surface area contributed by atoms with Crippen LogP contribution in [0.2, 0.25) is 0 Å². The van der Waals surface area contributed by atoms with E-state index in [4.69, 9.17) is 0 Å². The molecule has 0 saturated carbocycles. The van der Waals surface area contributed by atoms with Gasteiger partial charge >= 0.3 is 12.1 Å². The Bertz CT molecular complexity index is 1260. The van der Waals surface area contributed by atoms with Crippen LogP contribution in [0.4, 0.5) is 13.2 Å². The van der Waals surface area contributed by atoms with Gasteiger partial charge in [0.1, 0.15) is 5.69 Å². The lowest BCUT2D eigenvalue weighted by Crippen LogP contribution is -2.36. The molecule has 0 aliphatic carbocycles. The highest BCUT2D eigenvalue weighted by Crippen LogP contribution is 2.33. The van der Waals surface area contributed by atoms with E-state index in [1.165, 1.54) is 6.20 Å². The summed E-state index contributed by atoms with van der Waals surface area (Å²) in [5, 5.41) is 10.3. The van der Waals surface area contributed by atoms with Crippen molar-refractivity contribution in [2.45, 2.75) is 58.8 Å². The van der Waals surface area contributed by atoms with Gasteiger partial charge in [0.05, 0.1) is 12.0 Å². The normalized spacial score (nSPS) is 14.3. The fraction of sp³-hybridized carbons (Fsp3) is 0.423. The topological polar surface area (TPSA) is 75.4 Å². The lowest BCUT2D eigenvalue weighted by molar-refractivity contribution is -0.147. The van der Waals surface area contributed by atoms with Crippen molar-refractivity contribution < 1.29 is 27.9 Å². The third-order valence-corrected chi connectivity index (χ3v) is 6.75. The van der Waals surface area contributed by atoms with Crippen molar-refractivity contribution in [3.05, 3.63) is 65.1 Å². The van der Waals surface area contributed by atoms with E-state index in [0.717, 1.165) is 28.2 Å². The van der Waals surface area contributed by atoms with Crippen LogP contribution >= 0.6 is 0 Å². The molecule has 6 nitrogen and oxygen atoms in total. The van der Waals surface area contributed by atoms with Crippen LogP contribution in [0.5, 0.6) is 0 Å². The molecule has 0 saturated heterocycles. The molecule has 2 aromatic heterocycles. The summed E-state index contributed by atoms with van der Waals surface area (Å²) in [4.78, 5) is 29.5. The minimum absolute atomic E-state index is 0.0445. The van der Waals surface area contributed by atoms with Crippen LogP contribution in [0.1, 0.15) is 55.6 Å². The Hall–Kier alpha value is -3.36. The van der Waals surface area contributed by atoms with Crippen molar-refractivity contribution in [1.29, 1.82) is 0 Å². The molecule has 1 aromatic carbocycles. The van der Waals surface area contributed by atoms with Crippen molar-refractivity contribution in [2.24, 2.45) is 5.41 Å². The molecule has 3 aromatic rings. The number of hydrogen-bond donors (Lipinski definition) is 1. The number of alkyl halides is 3. The van der Waals surface area contributed by atoms with E-state index < -0.39 is 23.3 Å². The van der Waals surface area contributed by atoms with Gasteiger partial charge in [0, 0.05) is 42.3 Å². The van der Waals surface area contributed by atoms with Gasteiger partial charge in [0.15, 0.2) is 0 Å². The highest BCUT2D eigenvalue weighted by Gasteiger charge is 2.33. The molecule has 186 valence electrons. The summed E-state index contributed by atoms with van der Waals surface area (Å²) >= 11 is 0. The van der Waals surface area contributed by atoms with Crippen LogP contribution in [-0.2, 0) is 35.3 Å². The molecule has 1 N–H and O–H groups in total. The van der Waals surface area contributed by atoms with E-state index in [-0.39, 0.29) is 18.9 Å². The maximum absolute atomic E-state index is 13.2. The SMILES string of the molecule is CC(C)(CCCC(=O)N1CCc2c(n(Cc3ccnc(C(F)(F)F)c3)c3ccccc23)C1)C(=O)O. The third kappa shape index (κ3) is 5.18. The molecule has 0 atom stereocenters. The number of aliphatic carboxylic acids is 1. The van der Waals surface area contributed by atoms with E-state index in [2.05, 4.69) is 4.98 Å². The van der Waals surface area contributed by atoms with Gasteiger partial charge < -0.3 is 14.6 Å². The first kappa shape index (κ1) is 24.8. The van der Waals surface area contributed by atoms with Crippen LogP contribution in [-0.4, -0.2) is 38.0 Å². The quantitative estimate of drug-likeness (QED) is 0.493. The van der Waals surface area contributed by atoms with Crippen molar-refractivity contribution in [3.63, 3.8) is 0 Å². The summed E-state index contributed by atoms with van der Waals surface area (Å²) in [5.41, 5.74) is 1.61. The third-order valence-electron chi connectivity index (χ3n) is 6.75. The lowest BCUT2D eigenvalue weighted by atomic mass is 9.87. The molecule has 0 bridgehead atoms. The van der Waals surface area contributed by atoms with Gasteiger partial charge in [-0.2, -0.15) is 13.2 Å². The number of fused-ring (bicyclic) bond motifs is 3. The Morgan fingerprint density at radius 1 is 1.14 bits per heavy atom. The number of pyridine rings is 1. The minimum Gasteiger partial charge on any atom is -0.481 e. The summed E-state index contributed by atoms with van der Waals surface area (Å²) in [6, 6.07) is 10.4. The van der Waals surface area contributed by atoms with Crippen LogP contribution in [0.15, 0.2) is 42.6 Å². The number of para-hydroxylation sites is 1. The smallest absolute Gasteiger partial charge is 0.433 e. The fourth-order valence-electron chi connectivity index (χ4n) is 4.64. The molecule has 1 aliphatic rings. The van der Waals surface area contributed by atoms with Gasteiger partial charge in [0.25, 0.3) is 0 Å². The molecule has 0 radical (unpaired) electrons. The molecule has 1 amide bonds. The van der Waals surface area contributed by atoms with Gasteiger partial charge in [-0.25, -0.2) is 0 Å². The van der Waals surface area contributed by atoms with Crippen LogP contribution in [0.25, 0.3) is 10.9 Å². The van der Waals surface area contributed by atoms with Gasteiger partial charge in [-0.15, -0.1) is 0 Å². The number of carboxylic acid groups (broad SMARTS) is 1. The van der Waals surface area contributed by atoms with Crippen LogP contribution < -0.4 is 0 Å². The number of benzene rings is 1. The second-order valence-corrected chi connectivity index (χ2v) is 9.68. The zero-order valence-electron chi connectivity index (χ0n) is 19.7. The van der Waals surface area contributed by atoms with Crippen molar-refractivity contribution in [1.82, 2.24) is 14.5 Å². The Morgan fingerprint density at radius 3 is 2.60 bits per heavy atom. The molecule has 3 heterocycles. The second-order valence-electron chi connectivity index (χ2n) is 9.68. The van der Waals surface area contributed by atoms with E-state index >= 15 is 0 Å². The Morgan fingerprint density at radius 2 is 1.89 bits per heavy atom. The number of hydrogen-bond acceptors (Lipinski definition) is 3. The number of halogens is 3. The van der Waals surface area contributed by atoms with Crippen molar-refractivity contribution in [2.75, 3.05) is 6.54 Å². The van der Waals surface area contributed by atoms with E-state index in [1.54, 1.807) is 24.8 Å². The van der Waals surface area contributed by atoms with E-state index in [9.17, 15) is 27.9 Å². The highest BCUT2D eigenvalue weighted by atomic mass is 19.4. The standard InChI is InChI=1S/C26H28F3N3O3/c1-25(2,24(34)35)11-5-8-23(33)31-13-10-19-18-6-3-4-7-20(18)32(21(19)16-31)15-17-9-12-30-22(14-17)26(27,28)29/h3-4,6-7,9,12,14H,5,8,10-11,13,15-16H2,1-2H3,(H,34,35). The monoisotopic (exact) mass is 487 g/mol. The molecule has 9 heteroatoms. The number of aromatic nitrogens is 2. The van der Waals surface area contributed by atoms with Crippen molar-refractivity contribution >= 4 is 22.8 Å². The van der Waals surface area contributed by atoms with Crippen molar-refractivity contribution in [3.8, 4) is 0 Å². The second kappa shape index (κ2) is 9.36. The number of nitrogens with zero attached hydrogens (tertiary/aromatic N) is 3. The molecule has 4 rings (SSSR count). The largest absolute Gasteiger partial charge is 0.481 e. The summed E-state index contributed by atoms with van der Waals surface area (Å²) < 4.78 is 41.6. The number of amides is 1. The molecule has 0 fully saturated rings. The Kier molecular flexibility index (Phi) is 6.62. The molecular weight excluding hydrogens is 459 g/mol. The summed E-state index contributed by atoms with van der Waals surface area (Å²) in [5.74, 6) is -0.932. The zero-order valence-corrected chi connectivity index (χ0v) is 19.7. The predicted octanol–water partition coefficient (Wildman–Crippen LogP) is 5.27. The average molecular weight is 488 g/mol. The maximum Gasteiger partial charge on any atom is 0.433 e. The van der Waals surface area contributed by atoms with E-state index in [1.807, 2.05) is 28.8 Å². The maximum atomic E-state index is 13.2. The Labute approximate surface area is 201 Å². The van der Waals surface area contributed by atoms with E-state index in [0.29, 0.717) is 37.9 Å². The molecular formula is C26H28F3N3O3. The van der Waals surface area contributed by atoms with Gasteiger partial charge in [-0.1, -0.05) is 18.2 Å². The summed E-state index contributed by atoms with van der Waals surface area (Å²) in [6.07, 6.45) is -1.57. The lowest BCUT2D eigenvalue weighted by Gasteiger charge is -2.29. The Balaban J connectivity index is 1.58. The van der Waals surface area contributed by atoms with Crippen LogP contribution in [0.3, 0.4) is 0 Å². The number of rotatable bonds is 7.